The highest BCUT2D eigenvalue weighted by atomic mass is 32.2. The van der Waals surface area contributed by atoms with Gasteiger partial charge < -0.3 is 10.6 Å². The van der Waals surface area contributed by atoms with Crippen molar-refractivity contribution in [3.8, 4) is 0 Å². The molecule has 3 rings (SSSR count). The van der Waals surface area contributed by atoms with Crippen LogP contribution in [0.25, 0.3) is 0 Å². The van der Waals surface area contributed by atoms with E-state index < -0.39 is 10.0 Å². The van der Waals surface area contributed by atoms with Gasteiger partial charge in [0.15, 0.2) is 0 Å². The van der Waals surface area contributed by atoms with E-state index in [9.17, 15) is 13.2 Å². The number of hydrogen-bond donors (Lipinski definition) is 3. The molecule has 0 unspecified atom stereocenters. The average molecular weight is 438 g/mol. The number of rotatable bonds is 9. The lowest BCUT2D eigenvalue weighted by Crippen LogP contribution is -2.30. The molecule has 1 amide bonds. The molecule has 3 aromatic carbocycles. The van der Waals surface area contributed by atoms with Crippen molar-refractivity contribution < 1.29 is 13.2 Å². The third-order valence-electron chi connectivity index (χ3n) is 4.53. The smallest absolute Gasteiger partial charge is 0.255 e. The number of anilines is 2. The van der Waals surface area contributed by atoms with Crippen molar-refractivity contribution in [2.24, 2.45) is 0 Å². The number of hydrogen-bond acceptors (Lipinski definition) is 4. The van der Waals surface area contributed by atoms with Crippen molar-refractivity contribution in [2.75, 3.05) is 17.2 Å². The van der Waals surface area contributed by atoms with Crippen LogP contribution in [0, 0.1) is 0 Å². The zero-order valence-corrected chi connectivity index (χ0v) is 18.4. The Bertz CT molecular complexity index is 1110. The molecule has 31 heavy (non-hydrogen) atoms. The molecule has 0 heterocycles. The Labute approximate surface area is 183 Å². The van der Waals surface area contributed by atoms with Crippen LogP contribution in [0.1, 0.15) is 29.8 Å². The Morgan fingerprint density at radius 3 is 2.23 bits per heavy atom. The fraction of sp³-hybridized carbons (Fsp3) is 0.208. The second kappa shape index (κ2) is 10.2. The number of carbonyl (C=O) groups is 1. The van der Waals surface area contributed by atoms with E-state index in [0.29, 0.717) is 5.69 Å². The van der Waals surface area contributed by atoms with Gasteiger partial charge >= 0.3 is 0 Å². The molecular weight excluding hydrogens is 410 g/mol. The Morgan fingerprint density at radius 1 is 0.871 bits per heavy atom. The highest BCUT2D eigenvalue weighted by molar-refractivity contribution is 7.89. The van der Waals surface area contributed by atoms with E-state index in [-0.39, 0.29) is 22.4 Å². The minimum Gasteiger partial charge on any atom is -0.385 e. The fourth-order valence-corrected chi connectivity index (χ4v) is 4.35. The first-order valence-electron chi connectivity index (χ1n) is 10.1. The summed E-state index contributed by atoms with van der Waals surface area (Å²) in [7, 11) is -3.66. The zero-order chi connectivity index (χ0) is 22.3. The number of carbonyl (C=O) groups excluding carboxylic acids is 1. The molecule has 0 aliphatic rings. The van der Waals surface area contributed by atoms with E-state index in [1.54, 1.807) is 26.0 Å². The van der Waals surface area contributed by atoms with E-state index in [1.807, 2.05) is 42.5 Å². The highest BCUT2D eigenvalue weighted by Crippen LogP contribution is 2.17. The Kier molecular flexibility index (Phi) is 7.44. The maximum Gasteiger partial charge on any atom is 0.255 e. The van der Waals surface area contributed by atoms with Crippen LogP contribution >= 0.6 is 0 Å². The minimum atomic E-state index is -3.66. The first kappa shape index (κ1) is 22.5. The predicted molar refractivity (Wildman–Crippen MR) is 125 cm³/mol. The minimum absolute atomic E-state index is 0.0619. The quantitative estimate of drug-likeness (QED) is 0.466. The van der Waals surface area contributed by atoms with E-state index in [1.165, 1.54) is 17.7 Å². The molecule has 0 aromatic heterocycles. The van der Waals surface area contributed by atoms with Crippen molar-refractivity contribution in [1.82, 2.24) is 4.72 Å². The van der Waals surface area contributed by atoms with Gasteiger partial charge in [-0.2, -0.15) is 0 Å². The normalized spacial score (nSPS) is 11.3. The van der Waals surface area contributed by atoms with Gasteiger partial charge in [-0.25, -0.2) is 13.1 Å². The topological polar surface area (TPSA) is 87.3 Å². The Balaban J connectivity index is 1.59. The fourth-order valence-electron chi connectivity index (χ4n) is 3.05. The molecule has 0 bridgehead atoms. The molecular formula is C24H27N3O3S. The SMILES string of the molecule is CC(C)NS(=O)(=O)c1cccc(C(=O)Nc2ccc(NCCc3ccccc3)cc2)c1. The lowest BCUT2D eigenvalue weighted by Gasteiger charge is -2.11. The molecule has 6 nitrogen and oxygen atoms in total. The largest absolute Gasteiger partial charge is 0.385 e. The molecule has 0 saturated heterocycles. The average Bonchev–Trinajstić information content (AvgIpc) is 2.75. The summed E-state index contributed by atoms with van der Waals surface area (Å²) >= 11 is 0. The summed E-state index contributed by atoms with van der Waals surface area (Å²) in [5.41, 5.74) is 3.14. The number of amides is 1. The van der Waals surface area contributed by atoms with Crippen LogP contribution in [0.3, 0.4) is 0 Å². The van der Waals surface area contributed by atoms with Gasteiger partial charge in [0, 0.05) is 29.5 Å². The molecule has 0 fully saturated rings. The number of benzene rings is 3. The van der Waals surface area contributed by atoms with Gasteiger partial charge in [-0.3, -0.25) is 4.79 Å². The molecule has 0 atom stereocenters. The summed E-state index contributed by atoms with van der Waals surface area (Å²) in [6, 6.07) is 23.4. The third kappa shape index (κ3) is 6.67. The van der Waals surface area contributed by atoms with Crippen LogP contribution in [0.4, 0.5) is 11.4 Å². The van der Waals surface area contributed by atoms with E-state index in [4.69, 9.17) is 0 Å². The zero-order valence-electron chi connectivity index (χ0n) is 17.6. The van der Waals surface area contributed by atoms with Gasteiger partial charge in [-0.15, -0.1) is 0 Å². The van der Waals surface area contributed by atoms with E-state index in [2.05, 4.69) is 27.5 Å². The molecule has 3 N–H and O–H groups in total. The van der Waals surface area contributed by atoms with Gasteiger partial charge in [0.25, 0.3) is 5.91 Å². The summed E-state index contributed by atoms with van der Waals surface area (Å²) < 4.78 is 27.2. The van der Waals surface area contributed by atoms with Crippen LogP contribution in [-0.2, 0) is 16.4 Å². The van der Waals surface area contributed by atoms with Crippen molar-refractivity contribution in [3.63, 3.8) is 0 Å². The lowest BCUT2D eigenvalue weighted by atomic mass is 10.1. The summed E-state index contributed by atoms with van der Waals surface area (Å²) in [4.78, 5) is 12.6. The molecule has 0 spiro atoms. The summed E-state index contributed by atoms with van der Waals surface area (Å²) in [5.74, 6) is -0.369. The molecule has 162 valence electrons. The first-order valence-corrected chi connectivity index (χ1v) is 11.6. The van der Waals surface area contributed by atoms with Crippen LogP contribution in [0.15, 0.2) is 83.8 Å². The third-order valence-corrected chi connectivity index (χ3v) is 6.18. The monoisotopic (exact) mass is 437 g/mol. The van der Waals surface area contributed by atoms with Gasteiger partial charge in [0.05, 0.1) is 4.90 Å². The van der Waals surface area contributed by atoms with Crippen LogP contribution in [0.2, 0.25) is 0 Å². The van der Waals surface area contributed by atoms with Gasteiger partial charge in [0.2, 0.25) is 10.0 Å². The van der Waals surface area contributed by atoms with Crippen molar-refractivity contribution in [1.29, 1.82) is 0 Å². The first-order chi connectivity index (χ1) is 14.8. The summed E-state index contributed by atoms with van der Waals surface area (Å²) in [6.45, 7) is 4.30. The number of nitrogens with one attached hydrogen (secondary N) is 3. The maximum absolute atomic E-state index is 12.6. The summed E-state index contributed by atoms with van der Waals surface area (Å²) in [5, 5.41) is 6.16. The predicted octanol–water partition coefficient (Wildman–Crippen LogP) is 4.28. The molecule has 0 aliphatic carbocycles. The standard InChI is InChI=1S/C24H27N3O3S/c1-18(2)27-31(29,30)23-10-6-9-20(17-23)24(28)26-22-13-11-21(12-14-22)25-16-15-19-7-4-3-5-8-19/h3-14,17-18,25,27H,15-16H2,1-2H3,(H,26,28). The molecule has 0 saturated carbocycles. The van der Waals surface area contributed by atoms with Gasteiger partial charge in [-0.05, 0) is 68.3 Å². The maximum atomic E-state index is 12.6. The molecule has 3 aromatic rings. The van der Waals surface area contributed by atoms with Crippen LogP contribution in [-0.4, -0.2) is 26.9 Å². The number of sulfonamides is 1. The lowest BCUT2D eigenvalue weighted by molar-refractivity contribution is 0.102. The second-order valence-corrected chi connectivity index (χ2v) is 9.21. The van der Waals surface area contributed by atoms with Crippen LogP contribution < -0.4 is 15.4 Å². The van der Waals surface area contributed by atoms with Crippen molar-refractivity contribution in [3.05, 3.63) is 90.0 Å². The van der Waals surface area contributed by atoms with E-state index >= 15 is 0 Å². The summed E-state index contributed by atoms with van der Waals surface area (Å²) in [6.07, 6.45) is 0.921. The van der Waals surface area contributed by atoms with Gasteiger partial charge in [0.1, 0.15) is 0 Å². The van der Waals surface area contributed by atoms with Crippen LogP contribution in [0.5, 0.6) is 0 Å². The van der Waals surface area contributed by atoms with E-state index in [0.717, 1.165) is 18.7 Å². The molecule has 0 radical (unpaired) electrons. The Hall–Kier alpha value is -3.16. The van der Waals surface area contributed by atoms with Gasteiger partial charge in [-0.1, -0.05) is 36.4 Å². The van der Waals surface area contributed by atoms with Crippen molar-refractivity contribution >= 4 is 27.3 Å². The second-order valence-electron chi connectivity index (χ2n) is 7.50. The molecule has 7 heteroatoms. The molecule has 0 aliphatic heterocycles. The van der Waals surface area contributed by atoms with Crippen molar-refractivity contribution in [2.45, 2.75) is 31.2 Å². The Morgan fingerprint density at radius 2 is 1.55 bits per heavy atom. The highest BCUT2D eigenvalue weighted by Gasteiger charge is 2.17.